The standard InChI is InChI=1S/C18H20ClN3O/c1-12-15(19)6-4-7-16(12)21-18(23)11-22-10-14(20)9-13-5-2-3-8-17(13)22/h2-8,14H,9-11,20H2,1H3,(H,21,23). The lowest BCUT2D eigenvalue weighted by atomic mass is 9.98. The van der Waals surface area contributed by atoms with Crippen LogP contribution in [0.25, 0.3) is 0 Å². The number of carbonyl (C=O) groups is 1. The molecule has 0 bridgehead atoms. The van der Waals surface area contributed by atoms with Gasteiger partial charge >= 0.3 is 0 Å². The average Bonchev–Trinajstić information content (AvgIpc) is 2.51. The molecule has 1 atom stereocenters. The predicted molar refractivity (Wildman–Crippen MR) is 95.2 cm³/mol. The number of nitrogens with two attached hydrogens (primary N) is 1. The van der Waals surface area contributed by atoms with Crippen molar-refractivity contribution in [2.24, 2.45) is 5.73 Å². The molecule has 0 fully saturated rings. The number of benzene rings is 2. The van der Waals surface area contributed by atoms with Crippen LogP contribution in [0.15, 0.2) is 42.5 Å². The van der Waals surface area contributed by atoms with Crippen LogP contribution in [0.2, 0.25) is 5.02 Å². The highest BCUT2D eigenvalue weighted by atomic mass is 35.5. The van der Waals surface area contributed by atoms with E-state index in [4.69, 9.17) is 17.3 Å². The van der Waals surface area contributed by atoms with Gasteiger partial charge in [0.2, 0.25) is 5.91 Å². The minimum absolute atomic E-state index is 0.0469. The van der Waals surface area contributed by atoms with Crippen molar-refractivity contribution < 1.29 is 4.79 Å². The summed E-state index contributed by atoms with van der Waals surface area (Å²) in [6, 6.07) is 13.6. The summed E-state index contributed by atoms with van der Waals surface area (Å²) in [7, 11) is 0. The lowest BCUT2D eigenvalue weighted by Gasteiger charge is -2.34. The van der Waals surface area contributed by atoms with Crippen molar-refractivity contribution in [2.45, 2.75) is 19.4 Å². The second-order valence-electron chi connectivity index (χ2n) is 5.93. The summed E-state index contributed by atoms with van der Waals surface area (Å²) in [5, 5.41) is 3.58. The lowest BCUT2D eigenvalue weighted by Crippen LogP contribution is -2.46. The minimum Gasteiger partial charge on any atom is -0.360 e. The molecular weight excluding hydrogens is 310 g/mol. The van der Waals surface area contributed by atoms with E-state index in [1.165, 1.54) is 5.56 Å². The van der Waals surface area contributed by atoms with Crippen LogP contribution >= 0.6 is 11.6 Å². The third kappa shape index (κ3) is 3.49. The molecule has 1 unspecified atom stereocenters. The number of anilines is 2. The molecule has 1 heterocycles. The molecule has 0 aromatic heterocycles. The zero-order chi connectivity index (χ0) is 16.4. The number of para-hydroxylation sites is 1. The Kier molecular flexibility index (Phi) is 4.55. The van der Waals surface area contributed by atoms with E-state index in [-0.39, 0.29) is 18.5 Å². The van der Waals surface area contributed by atoms with E-state index in [1.54, 1.807) is 0 Å². The highest BCUT2D eigenvalue weighted by Gasteiger charge is 2.23. The number of nitrogens with one attached hydrogen (secondary N) is 1. The maximum atomic E-state index is 12.4. The van der Waals surface area contributed by atoms with E-state index in [9.17, 15) is 4.79 Å². The molecule has 1 aliphatic heterocycles. The van der Waals surface area contributed by atoms with Gasteiger partial charge in [-0.1, -0.05) is 35.9 Å². The number of rotatable bonds is 3. The monoisotopic (exact) mass is 329 g/mol. The van der Waals surface area contributed by atoms with E-state index in [1.807, 2.05) is 48.2 Å². The van der Waals surface area contributed by atoms with Gasteiger partial charge in [-0.2, -0.15) is 0 Å². The molecular formula is C18H20ClN3O. The van der Waals surface area contributed by atoms with Gasteiger partial charge in [-0.25, -0.2) is 0 Å². The number of hydrogen-bond donors (Lipinski definition) is 2. The van der Waals surface area contributed by atoms with E-state index in [0.717, 1.165) is 23.4 Å². The first kappa shape index (κ1) is 15.8. The lowest BCUT2D eigenvalue weighted by molar-refractivity contribution is -0.115. The van der Waals surface area contributed by atoms with Crippen LogP contribution in [-0.2, 0) is 11.2 Å². The molecule has 1 aliphatic rings. The molecule has 3 rings (SSSR count). The normalized spacial score (nSPS) is 16.8. The quantitative estimate of drug-likeness (QED) is 0.910. The Morgan fingerprint density at radius 1 is 1.30 bits per heavy atom. The summed E-state index contributed by atoms with van der Waals surface area (Å²) in [5.41, 5.74) is 10.0. The number of hydrogen-bond acceptors (Lipinski definition) is 3. The third-order valence-electron chi connectivity index (χ3n) is 4.15. The van der Waals surface area contributed by atoms with Crippen molar-refractivity contribution in [3.8, 4) is 0 Å². The van der Waals surface area contributed by atoms with Crippen molar-refractivity contribution in [2.75, 3.05) is 23.3 Å². The molecule has 0 radical (unpaired) electrons. The van der Waals surface area contributed by atoms with Crippen LogP contribution in [0, 0.1) is 6.92 Å². The summed E-state index contributed by atoms with van der Waals surface area (Å²) in [5.74, 6) is -0.0701. The highest BCUT2D eigenvalue weighted by Crippen LogP contribution is 2.27. The summed E-state index contributed by atoms with van der Waals surface area (Å²) in [4.78, 5) is 14.5. The van der Waals surface area contributed by atoms with Gasteiger partial charge in [-0.05, 0) is 42.7 Å². The number of carbonyl (C=O) groups excluding carboxylic acids is 1. The summed E-state index contributed by atoms with van der Waals surface area (Å²) < 4.78 is 0. The van der Waals surface area contributed by atoms with Gasteiger partial charge < -0.3 is 16.0 Å². The van der Waals surface area contributed by atoms with Gasteiger partial charge in [0.05, 0.1) is 6.54 Å². The maximum absolute atomic E-state index is 12.4. The Hall–Kier alpha value is -2.04. The van der Waals surface area contributed by atoms with Gasteiger partial charge in [-0.15, -0.1) is 0 Å². The van der Waals surface area contributed by atoms with Crippen molar-refractivity contribution in [1.82, 2.24) is 0 Å². The fraction of sp³-hybridized carbons (Fsp3) is 0.278. The minimum atomic E-state index is -0.0701. The second-order valence-corrected chi connectivity index (χ2v) is 6.34. The van der Waals surface area contributed by atoms with Gasteiger partial charge in [-0.3, -0.25) is 4.79 Å². The summed E-state index contributed by atoms with van der Waals surface area (Å²) in [6.45, 7) is 2.85. The Labute approximate surface area is 141 Å². The number of nitrogens with zero attached hydrogens (tertiary/aromatic N) is 1. The predicted octanol–water partition coefficient (Wildman–Crippen LogP) is 2.98. The van der Waals surface area contributed by atoms with Crippen molar-refractivity contribution in [1.29, 1.82) is 0 Å². The molecule has 0 spiro atoms. The fourth-order valence-electron chi connectivity index (χ4n) is 2.98. The van der Waals surface area contributed by atoms with Crippen molar-refractivity contribution in [3.63, 3.8) is 0 Å². The first-order valence-electron chi connectivity index (χ1n) is 7.68. The van der Waals surface area contributed by atoms with Crippen LogP contribution in [0.1, 0.15) is 11.1 Å². The smallest absolute Gasteiger partial charge is 0.243 e. The number of halogens is 1. The molecule has 0 aliphatic carbocycles. The molecule has 0 saturated heterocycles. The average molecular weight is 330 g/mol. The first-order valence-corrected chi connectivity index (χ1v) is 8.06. The van der Waals surface area contributed by atoms with Crippen LogP contribution in [0.5, 0.6) is 0 Å². The summed E-state index contributed by atoms with van der Waals surface area (Å²) in [6.07, 6.45) is 0.849. The molecule has 3 N–H and O–H groups in total. The highest BCUT2D eigenvalue weighted by molar-refractivity contribution is 6.31. The largest absolute Gasteiger partial charge is 0.360 e. The molecule has 5 heteroatoms. The molecule has 2 aromatic carbocycles. The Bertz CT molecular complexity index is 732. The molecule has 23 heavy (non-hydrogen) atoms. The molecule has 1 amide bonds. The Balaban J connectivity index is 1.74. The summed E-state index contributed by atoms with van der Waals surface area (Å²) >= 11 is 6.10. The third-order valence-corrected chi connectivity index (χ3v) is 4.56. The second kappa shape index (κ2) is 6.60. The van der Waals surface area contributed by atoms with E-state index in [0.29, 0.717) is 11.6 Å². The Morgan fingerprint density at radius 3 is 2.91 bits per heavy atom. The van der Waals surface area contributed by atoms with Crippen LogP contribution in [-0.4, -0.2) is 25.0 Å². The topological polar surface area (TPSA) is 58.4 Å². The molecule has 4 nitrogen and oxygen atoms in total. The van der Waals surface area contributed by atoms with Gasteiger partial charge in [0.15, 0.2) is 0 Å². The molecule has 120 valence electrons. The van der Waals surface area contributed by atoms with Crippen LogP contribution in [0.4, 0.5) is 11.4 Å². The zero-order valence-corrected chi connectivity index (χ0v) is 13.8. The van der Waals surface area contributed by atoms with E-state index >= 15 is 0 Å². The molecule has 2 aromatic rings. The number of fused-ring (bicyclic) bond motifs is 1. The maximum Gasteiger partial charge on any atom is 0.243 e. The van der Waals surface area contributed by atoms with Gasteiger partial charge in [0, 0.05) is 29.0 Å². The zero-order valence-electron chi connectivity index (χ0n) is 13.1. The van der Waals surface area contributed by atoms with Crippen LogP contribution in [0.3, 0.4) is 0 Å². The van der Waals surface area contributed by atoms with E-state index in [2.05, 4.69) is 11.4 Å². The molecule has 0 saturated carbocycles. The fourth-order valence-corrected chi connectivity index (χ4v) is 3.15. The van der Waals surface area contributed by atoms with E-state index < -0.39 is 0 Å². The van der Waals surface area contributed by atoms with Crippen molar-refractivity contribution >= 4 is 28.9 Å². The SMILES string of the molecule is Cc1c(Cl)cccc1NC(=O)CN1CC(N)Cc2ccccc21. The van der Waals surface area contributed by atoms with Gasteiger partial charge in [0.25, 0.3) is 0 Å². The van der Waals surface area contributed by atoms with Gasteiger partial charge in [0.1, 0.15) is 0 Å². The van der Waals surface area contributed by atoms with Crippen molar-refractivity contribution in [3.05, 3.63) is 58.6 Å². The first-order chi connectivity index (χ1) is 11.0. The van der Waals surface area contributed by atoms with Crippen LogP contribution < -0.4 is 16.0 Å². The Morgan fingerprint density at radius 2 is 2.09 bits per heavy atom. The number of amides is 1.